The summed E-state index contributed by atoms with van der Waals surface area (Å²) in [7, 11) is 0. The van der Waals surface area contributed by atoms with Crippen molar-refractivity contribution in [1.82, 2.24) is 25.1 Å². The zero-order valence-corrected chi connectivity index (χ0v) is 14.8. The first-order valence-corrected chi connectivity index (χ1v) is 8.75. The topological polar surface area (TPSA) is 106 Å². The smallest absolute Gasteiger partial charge is 0.220 e. The molecule has 0 spiro atoms. The van der Waals surface area contributed by atoms with E-state index in [0.717, 1.165) is 18.7 Å². The van der Waals surface area contributed by atoms with E-state index in [2.05, 4.69) is 20.5 Å². The van der Waals surface area contributed by atoms with Crippen LogP contribution in [-0.4, -0.2) is 42.9 Å². The third-order valence-electron chi connectivity index (χ3n) is 4.69. The summed E-state index contributed by atoms with van der Waals surface area (Å²) in [4.78, 5) is 16.4. The van der Waals surface area contributed by atoms with Crippen LogP contribution in [0.25, 0.3) is 0 Å². The monoisotopic (exact) mass is 347 g/mol. The molecule has 25 heavy (non-hydrogen) atoms. The van der Waals surface area contributed by atoms with Crippen LogP contribution in [0, 0.1) is 6.92 Å². The van der Waals surface area contributed by atoms with Gasteiger partial charge in [0.1, 0.15) is 5.82 Å². The zero-order chi connectivity index (χ0) is 18.0. The molecule has 2 heterocycles. The number of aliphatic hydroxyl groups excluding tert-OH is 1. The van der Waals surface area contributed by atoms with Gasteiger partial charge in [-0.3, -0.25) is 4.79 Å². The second kappa shape index (κ2) is 7.35. The number of amides is 1. The molecule has 136 valence electrons. The lowest BCUT2D eigenvalue weighted by Crippen LogP contribution is -2.42. The fourth-order valence-electron chi connectivity index (χ4n) is 3.26. The Morgan fingerprint density at radius 1 is 1.44 bits per heavy atom. The maximum atomic E-state index is 12.2. The van der Waals surface area contributed by atoms with Crippen LogP contribution in [0.1, 0.15) is 62.7 Å². The second-order valence-electron chi connectivity index (χ2n) is 6.88. The van der Waals surface area contributed by atoms with Crippen LogP contribution in [-0.2, 0) is 11.2 Å². The van der Waals surface area contributed by atoms with Crippen LogP contribution in [0.2, 0.25) is 0 Å². The first kappa shape index (κ1) is 17.6. The molecule has 2 aromatic rings. The van der Waals surface area contributed by atoms with E-state index in [4.69, 9.17) is 4.42 Å². The van der Waals surface area contributed by atoms with Gasteiger partial charge in [0.25, 0.3) is 0 Å². The number of imidazole rings is 1. The molecule has 8 nitrogen and oxygen atoms in total. The van der Waals surface area contributed by atoms with E-state index in [9.17, 15) is 9.90 Å². The maximum absolute atomic E-state index is 12.2. The lowest BCUT2D eigenvalue weighted by Gasteiger charge is -2.22. The van der Waals surface area contributed by atoms with Crippen molar-refractivity contribution in [3.05, 3.63) is 30.0 Å². The molecule has 1 aliphatic rings. The number of rotatable bonds is 6. The fourth-order valence-corrected chi connectivity index (χ4v) is 3.26. The molecule has 3 atom stereocenters. The van der Waals surface area contributed by atoms with Gasteiger partial charge in [0.05, 0.1) is 18.2 Å². The number of nitrogens with one attached hydrogen (secondary N) is 1. The van der Waals surface area contributed by atoms with Gasteiger partial charge < -0.3 is 19.4 Å². The van der Waals surface area contributed by atoms with Crippen molar-refractivity contribution in [1.29, 1.82) is 0 Å². The molecule has 0 bridgehead atoms. The fraction of sp³-hybridized carbons (Fsp3) is 0.647. The van der Waals surface area contributed by atoms with Gasteiger partial charge in [-0.1, -0.05) is 13.8 Å². The van der Waals surface area contributed by atoms with Crippen LogP contribution in [0.3, 0.4) is 0 Å². The molecule has 1 saturated carbocycles. The van der Waals surface area contributed by atoms with Crippen LogP contribution in [0.5, 0.6) is 0 Å². The van der Waals surface area contributed by atoms with Crippen LogP contribution >= 0.6 is 0 Å². The lowest BCUT2D eigenvalue weighted by atomic mass is 10.1. The normalized spacial score (nSPS) is 23.3. The summed E-state index contributed by atoms with van der Waals surface area (Å²) in [5, 5.41) is 21.4. The molecular formula is C17H25N5O3. The molecular weight excluding hydrogens is 322 g/mol. The van der Waals surface area contributed by atoms with Crippen LogP contribution in [0.15, 0.2) is 16.8 Å². The Balaban J connectivity index is 1.50. The summed E-state index contributed by atoms with van der Waals surface area (Å²) in [6.45, 7) is 5.86. The number of hydrogen-bond acceptors (Lipinski definition) is 6. The molecule has 0 saturated heterocycles. The van der Waals surface area contributed by atoms with E-state index in [1.807, 2.05) is 31.5 Å². The predicted octanol–water partition coefficient (Wildman–Crippen LogP) is 1.51. The first-order valence-electron chi connectivity index (χ1n) is 8.75. The van der Waals surface area contributed by atoms with Crippen molar-refractivity contribution in [2.24, 2.45) is 0 Å². The van der Waals surface area contributed by atoms with Crippen LogP contribution in [0.4, 0.5) is 0 Å². The van der Waals surface area contributed by atoms with E-state index >= 15 is 0 Å². The predicted molar refractivity (Wildman–Crippen MR) is 89.9 cm³/mol. The highest BCUT2D eigenvalue weighted by Crippen LogP contribution is 2.31. The molecule has 2 N–H and O–H groups in total. The lowest BCUT2D eigenvalue weighted by molar-refractivity contribution is -0.122. The van der Waals surface area contributed by atoms with Crippen molar-refractivity contribution in [2.75, 3.05) is 0 Å². The van der Waals surface area contributed by atoms with Crippen molar-refractivity contribution in [3.63, 3.8) is 0 Å². The minimum absolute atomic E-state index is 0.0441. The summed E-state index contributed by atoms with van der Waals surface area (Å²) in [5.41, 5.74) is 0. The molecule has 2 aromatic heterocycles. The molecule has 0 unspecified atom stereocenters. The molecule has 0 aromatic carbocycles. The Labute approximate surface area is 146 Å². The molecule has 1 aliphatic carbocycles. The van der Waals surface area contributed by atoms with Gasteiger partial charge in [0.15, 0.2) is 0 Å². The Morgan fingerprint density at radius 2 is 2.24 bits per heavy atom. The SMILES string of the molecule is Cc1nccn1[C@@H]1CC[C@@H](NC(=O)CCc2nnc(C(C)C)o2)[C@H]1O. The summed E-state index contributed by atoms with van der Waals surface area (Å²) >= 11 is 0. The van der Waals surface area contributed by atoms with Gasteiger partial charge >= 0.3 is 0 Å². The quantitative estimate of drug-likeness (QED) is 0.820. The van der Waals surface area contributed by atoms with E-state index in [1.165, 1.54) is 0 Å². The third kappa shape index (κ3) is 3.89. The zero-order valence-electron chi connectivity index (χ0n) is 14.8. The summed E-state index contributed by atoms with van der Waals surface area (Å²) < 4.78 is 7.48. The molecule has 1 fully saturated rings. The van der Waals surface area contributed by atoms with Gasteiger partial charge in [-0.05, 0) is 19.8 Å². The number of aromatic nitrogens is 4. The minimum Gasteiger partial charge on any atom is -0.425 e. The maximum Gasteiger partial charge on any atom is 0.220 e. The second-order valence-corrected chi connectivity index (χ2v) is 6.88. The highest BCUT2D eigenvalue weighted by Gasteiger charge is 2.37. The molecule has 0 radical (unpaired) electrons. The Hall–Kier alpha value is -2.22. The van der Waals surface area contributed by atoms with E-state index in [1.54, 1.807) is 6.20 Å². The van der Waals surface area contributed by atoms with E-state index < -0.39 is 6.10 Å². The molecule has 3 rings (SSSR count). The molecule has 1 amide bonds. The Kier molecular flexibility index (Phi) is 5.17. The first-order chi connectivity index (χ1) is 12.0. The van der Waals surface area contributed by atoms with Crippen molar-refractivity contribution >= 4 is 5.91 Å². The minimum atomic E-state index is -0.618. The number of hydrogen-bond donors (Lipinski definition) is 2. The van der Waals surface area contributed by atoms with Crippen molar-refractivity contribution in [3.8, 4) is 0 Å². The van der Waals surface area contributed by atoms with Crippen molar-refractivity contribution < 1.29 is 14.3 Å². The summed E-state index contributed by atoms with van der Waals surface area (Å²) in [6.07, 6.45) is 5.19. The van der Waals surface area contributed by atoms with Crippen molar-refractivity contribution in [2.45, 2.75) is 70.6 Å². The van der Waals surface area contributed by atoms with Gasteiger partial charge in [0.2, 0.25) is 17.7 Å². The highest BCUT2D eigenvalue weighted by molar-refractivity contribution is 5.76. The van der Waals surface area contributed by atoms with Crippen LogP contribution < -0.4 is 5.32 Å². The summed E-state index contributed by atoms with van der Waals surface area (Å²) in [6, 6.07) is -0.287. The molecule has 8 heteroatoms. The molecule has 0 aliphatic heterocycles. The van der Waals surface area contributed by atoms with E-state index in [0.29, 0.717) is 18.2 Å². The number of nitrogens with zero attached hydrogens (tertiary/aromatic N) is 4. The average molecular weight is 347 g/mol. The average Bonchev–Trinajstić information content (AvgIpc) is 3.27. The summed E-state index contributed by atoms with van der Waals surface area (Å²) in [5.74, 6) is 1.98. The number of aryl methyl sites for hydroxylation is 2. The third-order valence-corrected chi connectivity index (χ3v) is 4.69. The number of aliphatic hydroxyl groups is 1. The number of carbonyl (C=O) groups is 1. The highest BCUT2D eigenvalue weighted by atomic mass is 16.4. The van der Waals surface area contributed by atoms with Gasteiger partial charge in [-0.2, -0.15) is 0 Å². The van der Waals surface area contributed by atoms with E-state index in [-0.39, 0.29) is 30.3 Å². The Bertz CT molecular complexity index is 723. The van der Waals surface area contributed by atoms with Gasteiger partial charge in [0, 0.05) is 31.2 Å². The Morgan fingerprint density at radius 3 is 2.88 bits per heavy atom. The standard InChI is InChI=1S/C17H25N5O3/c1-10(2)17-21-20-15(25-17)7-6-14(23)19-12-4-5-13(16(12)24)22-9-8-18-11(22)3/h8-10,12-13,16,24H,4-7H2,1-3H3,(H,19,23)/t12-,13-,16-/m1/s1. The van der Waals surface area contributed by atoms with Gasteiger partial charge in [-0.15, -0.1) is 10.2 Å². The number of carbonyl (C=O) groups excluding carboxylic acids is 1. The van der Waals surface area contributed by atoms with Gasteiger partial charge in [-0.25, -0.2) is 4.98 Å². The largest absolute Gasteiger partial charge is 0.425 e.